The Kier molecular flexibility index (Phi) is 7.17. The molecule has 9 nitrogen and oxygen atoms in total. The molecule has 0 saturated carbocycles. The highest BCUT2D eigenvalue weighted by Crippen LogP contribution is 2.14. The number of nitrogens with one attached hydrogen (secondary N) is 3. The van der Waals surface area contributed by atoms with Crippen LogP contribution in [0, 0.1) is 6.92 Å². The van der Waals surface area contributed by atoms with Crippen molar-refractivity contribution in [2.24, 2.45) is 5.10 Å². The van der Waals surface area contributed by atoms with Crippen molar-refractivity contribution in [1.82, 2.24) is 20.6 Å². The van der Waals surface area contributed by atoms with Gasteiger partial charge in [-0.25, -0.2) is 15.3 Å². The average Bonchev–Trinajstić information content (AvgIpc) is 2.73. The van der Waals surface area contributed by atoms with E-state index in [1.807, 2.05) is 54.4 Å². The standard InChI is InChI=1S/C20H19N5O4S/c1-13-3-2-4-15(9-13)11-29-16-7-5-14(6-8-16)10-21-23-17(26)12-30-19-18(27)22-20(28)25-24-19/h2-10H,11-12H2,1H3,(H,23,26)(H2,22,25,27,28)/b21-10+. The molecule has 0 unspecified atom stereocenters. The predicted octanol–water partition coefficient (Wildman–Crippen LogP) is 1.59. The van der Waals surface area contributed by atoms with Gasteiger partial charge in [-0.3, -0.25) is 14.6 Å². The number of carbonyl (C=O) groups excluding carboxylic acids is 1. The fraction of sp³-hybridized carbons (Fsp3) is 0.150. The van der Waals surface area contributed by atoms with Crippen molar-refractivity contribution < 1.29 is 9.53 Å². The van der Waals surface area contributed by atoms with E-state index in [4.69, 9.17) is 4.74 Å². The van der Waals surface area contributed by atoms with Crippen LogP contribution in [0.4, 0.5) is 0 Å². The van der Waals surface area contributed by atoms with E-state index in [9.17, 15) is 14.4 Å². The molecule has 1 heterocycles. The number of H-pyrrole nitrogens is 2. The van der Waals surface area contributed by atoms with Crippen molar-refractivity contribution in [3.8, 4) is 5.75 Å². The highest BCUT2D eigenvalue weighted by atomic mass is 32.2. The van der Waals surface area contributed by atoms with Gasteiger partial charge in [-0.15, -0.1) is 0 Å². The Morgan fingerprint density at radius 1 is 1.23 bits per heavy atom. The summed E-state index contributed by atoms with van der Waals surface area (Å²) in [6, 6.07) is 15.4. The molecule has 0 spiro atoms. The summed E-state index contributed by atoms with van der Waals surface area (Å²) in [4.78, 5) is 36.2. The first-order valence-electron chi connectivity index (χ1n) is 8.92. The van der Waals surface area contributed by atoms with Gasteiger partial charge in [0, 0.05) is 0 Å². The summed E-state index contributed by atoms with van der Waals surface area (Å²) in [5.74, 6) is 0.236. The van der Waals surface area contributed by atoms with Gasteiger partial charge in [-0.05, 0) is 42.3 Å². The van der Waals surface area contributed by atoms with Gasteiger partial charge < -0.3 is 4.74 Å². The molecule has 0 aliphatic heterocycles. The van der Waals surface area contributed by atoms with Gasteiger partial charge in [-0.2, -0.15) is 10.2 Å². The van der Waals surface area contributed by atoms with Crippen molar-refractivity contribution in [2.45, 2.75) is 18.6 Å². The molecule has 0 aliphatic carbocycles. The summed E-state index contributed by atoms with van der Waals surface area (Å²) in [5.41, 5.74) is 4.08. The number of rotatable bonds is 8. The first-order chi connectivity index (χ1) is 14.5. The van der Waals surface area contributed by atoms with Gasteiger partial charge >= 0.3 is 5.69 Å². The number of hydrogen-bond acceptors (Lipinski definition) is 7. The maximum absolute atomic E-state index is 11.8. The number of carbonyl (C=O) groups is 1. The van der Waals surface area contributed by atoms with Crippen molar-refractivity contribution >= 4 is 23.9 Å². The predicted molar refractivity (Wildman–Crippen MR) is 114 cm³/mol. The third-order valence-electron chi connectivity index (χ3n) is 3.79. The number of ether oxygens (including phenoxy) is 1. The Labute approximate surface area is 175 Å². The fourth-order valence-corrected chi connectivity index (χ4v) is 3.02. The summed E-state index contributed by atoms with van der Waals surface area (Å²) in [6.45, 7) is 2.52. The molecule has 0 atom stereocenters. The SMILES string of the molecule is Cc1cccc(COc2ccc(/C=N/NC(=O)CSc3n[nH]c(=O)[nH]c3=O)cc2)c1. The van der Waals surface area contributed by atoms with E-state index in [-0.39, 0.29) is 10.8 Å². The molecule has 0 radical (unpaired) electrons. The molecule has 0 aliphatic rings. The van der Waals surface area contributed by atoms with Crippen LogP contribution in [0.25, 0.3) is 0 Å². The normalized spacial score (nSPS) is 10.8. The molecule has 1 aromatic heterocycles. The van der Waals surface area contributed by atoms with Gasteiger partial charge in [0.1, 0.15) is 12.4 Å². The topological polar surface area (TPSA) is 129 Å². The first kappa shape index (κ1) is 21.1. The summed E-state index contributed by atoms with van der Waals surface area (Å²) in [6.07, 6.45) is 1.50. The molecule has 3 N–H and O–H groups in total. The Morgan fingerprint density at radius 3 is 2.77 bits per heavy atom. The highest BCUT2D eigenvalue weighted by molar-refractivity contribution is 7.99. The lowest BCUT2D eigenvalue weighted by Gasteiger charge is -2.07. The molecule has 10 heteroatoms. The van der Waals surface area contributed by atoms with E-state index in [0.717, 1.165) is 28.6 Å². The number of nitrogens with zero attached hydrogens (tertiary/aromatic N) is 2. The minimum absolute atomic E-state index is 0.00465. The minimum Gasteiger partial charge on any atom is -0.489 e. The van der Waals surface area contributed by atoms with E-state index >= 15 is 0 Å². The lowest BCUT2D eigenvalue weighted by Crippen LogP contribution is -2.26. The average molecular weight is 425 g/mol. The molecule has 3 aromatic rings. The quantitative estimate of drug-likeness (QED) is 0.286. The molecular formula is C20H19N5O4S. The zero-order valence-corrected chi connectivity index (χ0v) is 16.9. The third-order valence-corrected chi connectivity index (χ3v) is 4.75. The van der Waals surface area contributed by atoms with E-state index in [1.54, 1.807) is 0 Å². The van der Waals surface area contributed by atoms with Crippen LogP contribution in [-0.4, -0.2) is 33.1 Å². The maximum Gasteiger partial charge on any atom is 0.342 e. The van der Waals surface area contributed by atoms with Crippen LogP contribution >= 0.6 is 11.8 Å². The molecule has 0 bridgehead atoms. The van der Waals surface area contributed by atoms with E-state index < -0.39 is 17.2 Å². The number of amides is 1. The van der Waals surface area contributed by atoms with Crippen molar-refractivity contribution in [3.05, 3.63) is 86.1 Å². The third kappa shape index (κ3) is 6.45. The highest BCUT2D eigenvalue weighted by Gasteiger charge is 2.07. The first-order valence-corrected chi connectivity index (χ1v) is 9.90. The lowest BCUT2D eigenvalue weighted by molar-refractivity contribution is -0.118. The molecular weight excluding hydrogens is 406 g/mol. The van der Waals surface area contributed by atoms with Crippen molar-refractivity contribution in [2.75, 3.05) is 5.75 Å². The van der Waals surface area contributed by atoms with Crippen LogP contribution in [0.2, 0.25) is 0 Å². The van der Waals surface area contributed by atoms with Crippen LogP contribution in [0.3, 0.4) is 0 Å². The van der Waals surface area contributed by atoms with Gasteiger partial charge in [0.2, 0.25) is 5.91 Å². The molecule has 1 amide bonds. The van der Waals surface area contributed by atoms with Crippen LogP contribution in [-0.2, 0) is 11.4 Å². The van der Waals surface area contributed by atoms with Crippen molar-refractivity contribution in [1.29, 1.82) is 0 Å². The summed E-state index contributed by atoms with van der Waals surface area (Å²) in [7, 11) is 0. The number of aromatic amines is 2. The zero-order valence-electron chi connectivity index (χ0n) is 16.0. The second-order valence-corrected chi connectivity index (χ2v) is 7.20. The maximum atomic E-state index is 11.8. The summed E-state index contributed by atoms with van der Waals surface area (Å²) in [5, 5.41) is 9.55. The number of hydrazone groups is 1. The summed E-state index contributed by atoms with van der Waals surface area (Å²) < 4.78 is 5.76. The smallest absolute Gasteiger partial charge is 0.342 e. The van der Waals surface area contributed by atoms with E-state index in [2.05, 4.69) is 26.8 Å². The van der Waals surface area contributed by atoms with Gasteiger partial charge in [-0.1, -0.05) is 41.6 Å². The van der Waals surface area contributed by atoms with Gasteiger partial charge in [0.15, 0.2) is 5.03 Å². The lowest BCUT2D eigenvalue weighted by atomic mass is 10.1. The van der Waals surface area contributed by atoms with Crippen LogP contribution in [0.5, 0.6) is 5.75 Å². The Morgan fingerprint density at radius 2 is 2.03 bits per heavy atom. The minimum atomic E-state index is -0.704. The number of aromatic nitrogens is 3. The number of benzene rings is 2. The van der Waals surface area contributed by atoms with Gasteiger partial charge in [0.05, 0.1) is 12.0 Å². The fourth-order valence-electron chi connectivity index (χ4n) is 2.40. The Hall–Kier alpha value is -3.66. The largest absolute Gasteiger partial charge is 0.489 e. The second-order valence-electron chi connectivity index (χ2n) is 6.24. The number of aryl methyl sites for hydroxylation is 1. The Bertz CT molecular complexity index is 1150. The van der Waals surface area contributed by atoms with Crippen LogP contribution in [0.15, 0.2) is 68.2 Å². The van der Waals surface area contributed by atoms with Crippen molar-refractivity contribution in [3.63, 3.8) is 0 Å². The van der Waals surface area contributed by atoms with Crippen LogP contribution in [0.1, 0.15) is 16.7 Å². The molecule has 2 aromatic carbocycles. The molecule has 3 rings (SSSR count). The molecule has 0 saturated heterocycles. The summed E-state index contributed by atoms with van der Waals surface area (Å²) >= 11 is 0.889. The monoisotopic (exact) mass is 425 g/mol. The molecule has 30 heavy (non-hydrogen) atoms. The molecule has 0 fully saturated rings. The van der Waals surface area contributed by atoms with Crippen LogP contribution < -0.4 is 21.4 Å². The molecule has 154 valence electrons. The number of thioether (sulfide) groups is 1. The Balaban J connectivity index is 1.44. The van der Waals surface area contributed by atoms with E-state index in [1.165, 1.54) is 11.8 Å². The van der Waals surface area contributed by atoms with E-state index in [0.29, 0.717) is 6.61 Å². The second kappa shape index (κ2) is 10.2. The zero-order chi connectivity index (χ0) is 21.3. The number of hydrogen-bond donors (Lipinski definition) is 3. The van der Waals surface area contributed by atoms with Gasteiger partial charge in [0.25, 0.3) is 5.56 Å².